The molecule has 0 saturated heterocycles. The standard InChI is InChI=1S/C18H15ClO5S.Na/c1-11(20)16(12-5-9-15(10-6-12)25(2,23)24)17(18(21)22)13-3-7-14(19)8-4-13;/h3-10H,1-2H3,(H,21,22);/q;+1/p-1. The number of carbonyl (C=O) groups is 2. The Bertz CT molecular complexity index is 962. The first-order chi connectivity index (χ1) is 11.6. The fraction of sp³-hybridized carbons (Fsp3) is 0.111. The van der Waals surface area contributed by atoms with Crippen molar-refractivity contribution in [3.63, 3.8) is 0 Å². The van der Waals surface area contributed by atoms with Crippen LogP contribution in [0.3, 0.4) is 0 Å². The molecule has 0 N–H and O–H groups in total. The molecular formula is C18H14ClNaO5S. The number of carbonyl (C=O) groups excluding carboxylic acids is 2. The van der Waals surface area contributed by atoms with Gasteiger partial charge in [-0.15, -0.1) is 0 Å². The SMILES string of the molecule is CC(=O)C(=C(C(=O)[O-])c1ccc(Cl)cc1)c1ccc(S(C)(=O)=O)cc1.[Na+]. The van der Waals surface area contributed by atoms with Gasteiger partial charge in [0, 0.05) is 22.4 Å². The molecule has 0 amide bonds. The van der Waals surface area contributed by atoms with E-state index >= 15 is 0 Å². The van der Waals surface area contributed by atoms with Crippen LogP contribution in [0.1, 0.15) is 18.1 Å². The molecule has 0 bridgehead atoms. The van der Waals surface area contributed by atoms with Crippen LogP contribution in [0.4, 0.5) is 0 Å². The summed E-state index contributed by atoms with van der Waals surface area (Å²) in [5.41, 5.74) is 0.203. The van der Waals surface area contributed by atoms with Gasteiger partial charge in [0.05, 0.1) is 10.9 Å². The zero-order valence-electron chi connectivity index (χ0n) is 14.4. The summed E-state index contributed by atoms with van der Waals surface area (Å²) in [7, 11) is -3.40. The molecule has 0 atom stereocenters. The van der Waals surface area contributed by atoms with E-state index in [1.165, 1.54) is 55.5 Å². The second-order valence-corrected chi connectivity index (χ2v) is 7.85. The van der Waals surface area contributed by atoms with E-state index in [1.807, 2.05) is 0 Å². The van der Waals surface area contributed by atoms with Gasteiger partial charge in [-0.25, -0.2) is 8.42 Å². The first-order valence-corrected chi connectivity index (χ1v) is 9.41. The van der Waals surface area contributed by atoms with E-state index in [4.69, 9.17) is 11.6 Å². The van der Waals surface area contributed by atoms with Crippen LogP contribution >= 0.6 is 11.6 Å². The second-order valence-electron chi connectivity index (χ2n) is 5.40. The Labute approximate surface area is 178 Å². The molecule has 0 spiro atoms. The van der Waals surface area contributed by atoms with Crippen molar-refractivity contribution >= 4 is 44.3 Å². The molecule has 2 aromatic carbocycles. The second kappa shape index (κ2) is 8.97. The molecule has 8 heteroatoms. The van der Waals surface area contributed by atoms with Crippen LogP contribution in [0.25, 0.3) is 11.1 Å². The minimum atomic E-state index is -3.40. The van der Waals surface area contributed by atoms with Gasteiger partial charge in [0.25, 0.3) is 0 Å². The van der Waals surface area contributed by atoms with E-state index in [1.54, 1.807) is 0 Å². The van der Waals surface area contributed by atoms with Crippen molar-refractivity contribution in [2.45, 2.75) is 11.8 Å². The van der Waals surface area contributed by atoms with Crippen LogP contribution in [0, 0.1) is 0 Å². The third-order valence-corrected chi connectivity index (χ3v) is 4.89. The Kier molecular flexibility index (Phi) is 7.80. The summed E-state index contributed by atoms with van der Waals surface area (Å²) in [6, 6.07) is 11.4. The number of carboxylic acid groups (broad SMARTS) is 1. The molecule has 0 aromatic heterocycles. The molecule has 26 heavy (non-hydrogen) atoms. The third kappa shape index (κ3) is 5.28. The zero-order valence-corrected chi connectivity index (χ0v) is 18.0. The van der Waals surface area contributed by atoms with Crippen molar-refractivity contribution in [1.82, 2.24) is 0 Å². The van der Waals surface area contributed by atoms with E-state index < -0.39 is 21.6 Å². The summed E-state index contributed by atoms with van der Waals surface area (Å²) in [6.07, 6.45) is 1.06. The fourth-order valence-corrected chi connectivity index (χ4v) is 3.13. The van der Waals surface area contributed by atoms with Gasteiger partial charge in [0.2, 0.25) is 0 Å². The quantitative estimate of drug-likeness (QED) is 0.364. The van der Waals surface area contributed by atoms with E-state index in [0.717, 1.165) is 6.26 Å². The number of aliphatic carboxylic acids is 1. The van der Waals surface area contributed by atoms with Gasteiger partial charge >= 0.3 is 29.6 Å². The van der Waals surface area contributed by atoms with Crippen LogP contribution < -0.4 is 34.7 Å². The van der Waals surface area contributed by atoms with Crippen molar-refractivity contribution in [3.8, 4) is 0 Å². The number of hydrogen-bond donors (Lipinski definition) is 0. The average molecular weight is 401 g/mol. The van der Waals surface area contributed by atoms with E-state index in [-0.39, 0.29) is 56.7 Å². The number of hydrogen-bond acceptors (Lipinski definition) is 5. The number of allylic oxidation sites excluding steroid dienone is 1. The molecule has 0 aliphatic rings. The van der Waals surface area contributed by atoms with E-state index in [2.05, 4.69) is 0 Å². The van der Waals surface area contributed by atoms with Gasteiger partial charge in [-0.05, 0) is 42.3 Å². The predicted octanol–water partition coefficient (Wildman–Crippen LogP) is -1.00. The normalized spacial score (nSPS) is 12.0. The summed E-state index contributed by atoms with van der Waals surface area (Å²) in [6.45, 7) is 1.23. The maximum absolute atomic E-state index is 12.1. The average Bonchev–Trinajstić information content (AvgIpc) is 2.52. The molecule has 0 heterocycles. The van der Waals surface area contributed by atoms with E-state index in [0.29, 0.717) is 5.02 Å². The first-order valence-electron chi connectivity index (χ1n) is 7.14. The third-order valence-electron chi connectivity index (χ3n) is 3.51. The number of carboxylic acids is 1. The molecule has 0 saturated carbocycles. The van der Waals surface area contributed by atoms with Crippen molar-refractivity contribution in [2.75, 3.05) is 6.26 Å². The number of ketones is 1. The van der Waals surface area contributed by atoms with Crippen LogP contribution in [-0.4, -0.2) is 26.4 Å². The maximum atomic E-state index is 12.1. The van der Waals surface area contributed by atoms with Crippen molar-refractivity contribution in [2.24, 2.45) is 0 Å². The summed E-state index contributed by atoms with van der Waals surface area (Å²) < 4.78 is 23.1. The van der Waals surface area contributed by atoms with Crippen LogP contribution in [0.5, 0.6) is 0 Å². The largest absolute Gasteiger partial charge is 1.00 e. The minimum absolute atomic E-state index is 0. The van der Waals surface area contributed by atoms with Gasteiger partial charge in [0.1, 0.15) is 0 Å². The first kappa shape index (κ1) is 22.6. The van der Waals surface area contributed by atoms with Crippen molar-refractivity contribution in [3.05, 3.63) is 64.7 Å². The summed E-state index contributed by atoms with van der Waals surface area (Å²) >= 11 is 5.81. The van der Waals surface area contributed by atoms with Gasteiger partial charge in [-0.2, -0.15) is 0 Å². The number of benzene rings is 2. The molecule has 0 radical (unpaired) electrons. The maximum Gasteiger partial charge on any atom is 1.00 e. The van der Waals surface area contributed by atoms with Crippen LogP contribution in [0.2, 0.25) is 5.02 Å². The zero-order chi connectivity index (χ0) is 18.8. The predicted molar refractivity (Wildman–Crippen MR) is 93.5 cm³/mol. The Morgan fingerprint density at radius 2 is 1.31 bits per heavy atom. The number of Topliss-reactive ketones (excluding diaryl/α,β-unsaturated/α-hetero) is 1. The Hall–Kier alpha value is -1.44. The molecular weight excluding hydrogens is 387 g/mol. The topological polar surface area (TPSA) is 91.3 Å². The molecule has 0 aliphatic heterocycles. The molecule has 2 aromatic rings. The molecule has 0 fully saturated rings. The van der Waals surface area contributed by atoms with Gasteiger partial charge in [0.15, 0.2) is 15.6 Å². The van der Waals surface area contributed by atoms with Gasteiger partial charge in [-0.3, -0.25) is 4.79 Å². The summed E-state index contributed by atoms with van der Waals surface area (Å²) in [5.74, 6) is -2.00. The van der Waals surface area contributed by atoms with Crippen LogP contribution in [-0.2, 0) is 19.4 Å². The molecule has 0 aliphatic carbocycles. The molecule has 2 rings (SSSR count). The number of sulfone groups is 1. The smallest absolute Gasteiger partial charge is 0.545 e. The van der Waals surface area contributed by atoms with Gasteiger partial charge < -0.3 is 9.90 Å². The van der Waals surface area contributed by atoms with Gasteiger partial charge in [-0.1, -0.05) is 35.9 Å². The number of rotatable bonds is 5. The number of halogens is 1. The minimum Gasteiger partial charge on any atom is -0.545 e. The van der Waals surface area contributed by atoms with E-state index in [9.17, 15) is 23.1 Å². The summed E-state index contributed by atoms with van der Waals surface area (Å²) in [4.78, 5) is 23.9. The Morgan fingerprint density at radius 3 is 1.69 bits per heavy atom. The monoisotopic (exact) mass is 400 g/mol. The Morgan fingerprint density at radius 1 is 0.885 bits per heavy atom. The van der Waals surface area contributed by atoms with Crippen LogP contribution in [0.15, 0.2) is 53.4 Å². The van der Waals surface area contributed by atoms with Crippen molar-refractivity contribution in [1.29, 1.82) is 0 Å². The Balaban J connectivity index is 0.00000338. The molecule has 0 unspecified atom stereocenters. The van der Waals surface area contributed by atoms with Crippen molar-refractivity contribution < 1.29 is 52.7 Å². The molecule has 5 nitrogen and oxygen atoms in total. The fourth-order valence-electron chi connectivity index (χ4n) is 2.37. The summed E-state index contributed by atoms with van der Waals surface area (Å²) in [5, 5.41) is 12.1. The molecule has 130 valence electrons.